The first kappa shape index (κ1) is 23.0. The predicted molar refractivity (Wildman–Crippen MR) is 167 cm³/mol. The monoisotopic (exact) mass is 497 g/mol. The van der Waals surface area contributed by atoms with E-state index in [0.717, 1.165) is 17.1 Å². The van der Waals surface area contributed by atoms with Crippen LogP contribution in [-0.2, 0) is 0 Å². The number of hydrogen-bond donors (Lipinski definition) is 0. The van der Waals surface area contributed by atoms with Crippen molar-refractivity contribution in [3.05, 3.63) is 164 Å². The molecule has 0 aliphatic rings. The van der Waals surface area contributed by atoms with Crippen molar-refractivity contribution in [2.75, 3.05) is 4.90 Å². The Morgan fingerprint density at radius 2 is 0.846 bits per heavy atom. The van der Waals surface area contributed by atoms with Crippen LogP contribution < -0.4 is 4.90 Å². The summed E-state index contributed by atoms with van der Waals surface area (Å²) < 4.78 is 0. The molecule has 0 saturated heterocycles. The summed E-state index contributed by atoms with van der Waals surface area (Å²) in [6, 6.07) is 58.6. The SMILES string of the molecule is c1ccc(-c2c(-c3ccc(N(c4ccccc4)c4ccccc4)c4ccccc34)ccc3ccccc23)cc1. The first-order valence-electron chi connectivity index (χ1n) is 13.4. The molecule has 0 spiro atoms. The van der Waals surface area contributed by atoms with E-state index in [1.807, 2.05) is 0 Å². The topological polar surface area (TPSA) is 3.24 Å². The van der Waals surface area contributed by atoms with Gasteiger partial charge in [0.25, 0.3) is 0 Å². The molecular formula is C38H27N. The fourth-order valence-corrected chi connectivity index (χ4v) is 5.71. The van der Waals surface area contributed by atoms with Crippen LogP contribution in [0.4, 0.5) is 17.1 Å². The standard InChI is InChI=1S/C38H27N/c1-4-15-29(16-5-1)38-32-21-11-10-14-28(32)24-25-36(38)34-26-27-37(35-23-13-12-22-33(34)35)39(30-17-6-2-7-18-30)31-19-8-3-9-20-31/h1-27H. The zero-order valence-corrected chi connectivity index (χ0v) is 21.5. The number of nitrogens with zero attached hydrogens (tertiary/aromatic N) is 1. The Morgan fingerprint density at radius 1 is 0.333 bits per heavy atom. The maximum Gasteiger partial charge on any atom is 0.0540 e. The lowest BCUT2D eigenvalue weighted by Gasteiger charge is -2.27. The van der Waals surface area contributed by atoms with Crippen molar-refractivity contribution in [2.45, 2.75) is 0 Å². The molecule has 0 heterocycles. The van der Waals surface area contributed by atoms with Crippen molar-refractivity contribution in [1.29, 1.82) is 0 Å². The molecule has 184 valence electrons. The maximum atomic E-state index is 2.35. The van der Waals surface area contributed by atoms with Gasteiger partial charge in [-0.15, -0.1) is 0 Å². The van der Waals surface area contributed by atoms with Crippen LogP contribution in [0.2, 0.25) is 0 Å². The maximum absolute atomic E-state index is 2.35. The number of benzene rings is 7. The van der Waals surface area contributed by atoms with Gasteiger partial charge in [0, 0.05) is 16.8 Å². The molecule has 0 aliphatic heterocycles. The van der Waals surface area contributed by atoms with Crippen LogP contribution in [0.5, 0.6) is 0 Å². The summed E-state index contributed by atoms with van der Waals surface area (Å²) in [4.78, 5) is 2.35. The van der Waals surface area contributed by atoms with Gasteiger partial charge in [0.2, 0.25) is 0 Å². The normalized spacial score (nSPS) is 11.1. The molecule has 1 nitrogen and oxygen atoms in total. The van der Waals surface area contributed by atoms with E-state index in [1.54, 1.807) is 0 Å². The van der Waals surface area contributed by atoms with Crippen molar-refractivity contribution in [2.24, 2.45) is 0 Å². The third-order valence-corrected chi connectivity index (χ3v) is 7.45. The molecule has 0 atom stereocenters. The molecular weight excluding hydrogens is 470 g/mol. The van der Waals surface area contributed by atoms with E-state index in [-0.39, 0.29) is 0 Å². The van der Waals surface area contributed by atoms with Crippen molar-refractivity contribution < 1.29 is 0 Å². The molecule has 1 heteroatoms. The molecule has 39 heavy (non-hydrogen) atoms. The Balaban J connectivity index is 1.51. The average Bonchev–Trinajstić information content (AvgIpc) is 3.02. The summed E-state index contributed by atoms with van der Waals surface area (Å²) in [6.45, 7) is 0. The number of hydrogen-bond acceptors (Lipinski definition) is 1. The molecule has 0 aliphatic carbocycles. The third-order valence-electron chi connectivity index (χ3n) is 7.45. The quantitative estimate of drug-likeness (QED) is 0.229. The minimum absolute atomic E-state index is 1.14. The highest BCUT2D eigenvalue weighted by molar-refractivity contribution is 6.11. The van der Waals surface area contributed by atoms with Gasteiger partial charge in [-0.1, -0.05) is 133 Å². The molecule has 0 N–H and O–H groups in total. The summed E-state index contributed by atoms with van der Waals surface area (Å²) in [5, 5.41) is 4.97. The lowest BCUT2D eigenvalue weighted by atomic mass is 9.87. The van der Waals surface area contributed by atoms with Gasteiger partial charge in [0.15, 0.2) is 0 Å². The van der Waals surface area contributed by atoms with Crippen molar-refractivity contribution in [3.8, 4) is 22.3 Å². The molecule has 7 aromatic rings. The highest BCUT2D eigenvalue weighted by atomic mass is 15.1. The van der Waals surface area contributed by atoms with Crippen molar-refractivity contribution in [3.63, 3.8) is 0 Å². The second kappa shape index (κ2) is 9.96. The molecule has 0 radical (unpaired) electrons. The highest BCUT2D eigenvalue weighted by Crippen LogP contribution is 2.45. The van der Waals surface area contributed by atoms with Crippen LogP contribution in [0.15, 0.2) is 164 Å². The van der Waals surface area contributed by atoms with E-state index >= 15 is 0 Å². The molecule has 7 aromatic carbocycles. The lowest BCUT2D eigenvalue weighted by molar-refractivity contribution is 1.30. The minimum atomic E-state index is 1.14. The van der Waals surface area contributed by atoms with Crippen LogP contribution >= 0.6 is 0 Å². The van der Waals surface area contributed by atoms with Crippen LogP contribution in [-0.4, -0.2) is 0 Å². The summed E-state index contributed by atoms with van der Waals surface area (Å²) in [5.41, 5.74) is 8.42. The van der Waals surface area contributed by atoms with E-state index in [1.165, 1.54) is 43.8 Å². The first-order chi connectivity index (χ1) is 19.4. The average molecular weight is 498 g/mol. The third kappa shape index (κ3) is 4.15. The van der Waals surface area contributed by atoms with E-state index < -0.39 is 0 Å². The van der Waals surface area contributed by atoms with E-state index in [9.17, 15) is 0 Å². The fourth-order valence-electron chi connectivity index (χ4n) is 5.71. The predicted octanol–water partition coefficient (Wildman–Crippen LogP) is 10.8. The number of para-hydroxylation sites is 2. The van der Waals surface area contributed by atoms with Gasteiger partial charge in [-0.2, -0.15) is 0 Å². The summed E-state index contributed by atoms with van der Waals surface area (Å²) in [5.74, 6) is 0. The molecule has 0 saturated carbocycles. The van der Waals surface area contributed by atoms with E-state index in [0.29, 0.717) is 0 Å². The second-order valence-electron chi connectivity index (χ2n) is 9.76. The Hall–Kier alpha value is -5.14. The Labute approximate surface area is 229 Å². The van der Waals surface area contributed by atoms with Gasteiger partial charge in [-0.05, 0) is 68.7 Å². The van der Waals surface area contributed by atoms with E-state index in [2.05, 4.69) is 169 Å². The molecule has 0 unspecified atom stereocenters. The summed E-state index contributed by atoms with van der Waals surface area (Å²) in [7, 11) is 0. The summed E-state index contributed by atoms with van der Waals surface area (Å²) >= 11 is 0. The van der Waals surface area contributed by atoms with E-state index in [4.69, 9.17) is 0 Å². The number of anilines is 3. The van der Waals surface area contributed by atoms with Gasteiger partial charge < -0.3 is 4.90 Å². The largest absolute Gasteiger partial charge is 0.310 e. The number of rotatable bonds is 5. The van der Waals surface area contributed by atoms with Gasteiger partial charge >= 0.3 is 0 Å². The minimum Gasteiger partial charge on any atom is -0.310 e. The molecule has 0 fully saturated rings. The second-order valence-corrected chi connectivity index (χ2v) is 9.76. The van der Waals surface area contributed by atoms with Crippen LogP contribution in [0.25, 0.3) is 43.8 Å². The van der Waals surface area contributed by atoms with Gasteiger partial charge in [-0.3, -0.25) is 0 Å². The Morgan fingerprint density at radius 3 is 1.51 bits per heavy atom. The summed E-state index contributed by atoms with van der Waals surface area (Å²) in [6.07, 6.45) is 0. The van der Waals surface area contributed by atoms with Crippen molar-refractivity contribution in [1.82, 2.24) is 0 Å². The van der Waals surface area contributed by atoms with Crippen molar-refractivity contribution >= 4 is 38.6 Å². The zero-order valence-electron chi connectivity index (χ0n) is 21.5. The molecule has 0 bridgehead atoms. The number of fused-ring (bicyclic) bond motifs is 2. The Kier molecular flexibility index (Phi) is 5.88. The highest BCUT2D eigenvalue weighted by Gasteiger charge is 2.19. The molecule has 0 aromatic heterocycles. The fraction of sp³-hybridized carbons (Fsp3) is 0. The smallest absolute Gasteiger partial charge is 0.0540 e. The van der Waals surface area contributed by atoms with Crippen LogP contribution in [0, 0.1) is 0 Å². The molecule has 7 rings (SSSR count). The molecule has 0 amide bonds. The zero-order chi connectivity index (χ0) is 26.0. The van der Waals surface area contributed by atoms with Crippen LogP contribution in [0.1, 0.15) is 0 Å². The van der Waals surface area contributed by atoms with Gasteiger partial charge in [0.05, 0.1) is 5.69 Å². The van der Waals surface area contributed by atoms with Gasteiger partial charge in [-0.25, -0.2) is 0 Å². The van der Waals surface area contributed by atoms with Crippen LogP contribution in [0.3, 0.4) is 0 Å². The lowest BCUT2D eigenvalue weighted by Crippen LogP contribution is -2.10. The first-order valence-corrected chi connectivity index (χ1v) is 13.4. The van der Waals surface area contributed by atoms with Gasteiger partial charge in [0.1, 0.15) is 0 Å². The Bertz CT molecular complexity index is 1850.